The summed E-state index contributed by atoms with van der Waals surface area (Å²) in [4.78, 5) is 12.0. The fraction of sp³-hybridized carbons (Fsp3) is 0.286. The highest BCUT2D eigenvalue weighted by molar-refractivity contribution is 7.10. The van der Waals surface area contributed by atoms with Crippen molar-refractivity contribution in [3.8, 4) is 5.75 Å². The second kappa shape index (κ2) is 7.03. The third-order valence-corrected chi connectivity index (χ3v) is 3.65. The summed E-state index contributed by atoms with van der Waals surface area (Å²) in [7, 11) is 1.72. The number of benzene rings is 1. The van der Waals surface area contributed by atoms with Crippen LogP contribution >= 0.6 is 11.5 Å². The number of hydrogen-bond acceptors (Lipinski definition) is 6. The molecule has 0 aliphatic rings. The van der Waals surface area contributed by atoms with Crippen molar-refractivity contribution in [3.63, 3.8) is 0 Å². The molecule has 1 N–H and O–H groups in total. The molecule has 0 spiro atoms. The number of halogens is 1. The highest BCUT2D eigenvalue weighted by Crippen LogP contribution is 2.24. The predicted molar refractivity (Wildman–Crippen MR) is 78.6 cm³/mol. The van der Waals surface area contributed by atoms with Gasteiger partial charge in [-0.05, 0) is 42.7 Å². The van der Waals surface area contributed by atoms with Gasteiger partial charge in [0, 0.05) is 7.05 Å². The molecule has 1 heterocycles. The van der Waals surface area contributed by atoms with Crippen molar-refractivity contribution in [3.05, 3.63) is 41.3 Å². The van der Waals surface area contributed by atoms with Gasteiger partial charge in [0.15, 0.2) is 0 Å². The maximum absolute atomic E-state index is 12.7. The molecule has 7 heteroatoms. The van der Waals surface area contributed by atoms with Gasteiger partial charge in [0.1, 0.15) is 35.3 Å². The Balaban J connectivity index is 1.82. The summed E-state index contributed by atoms with van der Waals surface area (Å²) >= 11 is 1.21. The van der Waals surface area contributed by atoms with Gasteiger partial charge in [0.25, 0.3) is 0 Å². The van der Waals surface area contributed by atoms with Crippen molar-refractivity contribution < 1.29 is 18.7 Å². The van der Waals surface area contributed by atoms with E-state index in [1.165, 1.54) is 35.8 Å². The minimum atomic E-state index is -0.437. The van der Waals surface area contributed by atoms with E-state index in [2.05, 4.69) is 9.69 Å². The molecule has 0 radical (unpaired) electrons. The van der Waals surface area contributed by atoms with Gasteiger partial charge in [-0.25, -0.2) is 9.18 Å². The van der Waals surface area contributed by atoms with Crippen LogP contribution in [0.1, 0.15) is 16.1 Å². The molecule has 0 saturated heterocycles. The van der Waals surface area contributed by atoms with E-state index in [-0.39, 0.29) is 19.0 Å². The Hall–Kier alpha value is -2.15. The van der Waals surface area contributed by atoms with Crippen LogP contribution < -0.4 is 10.1 Å². The second-order valence-electron chi connectivity index (χ2n) is 4.16. The monoisotopic (exact) mass is 310 g/mol. The fourth-order valence-electron chi connectivity index (χ4n) is 1.68. The lowest BCUT2D eigenvalue weighted by atomic mass is 10.2. The number of anilines is 1. The van der Waals surface area contributed by atoms with Crippen molar-refractivity contribution in [2.45, 2.75) is 6.92 Å². The maximum Gasteiger partial charge on any atom is 0.343 e. The fourth-order valence-corrected chi connectivity index (χ4v) is 2.41. The maximum atomic E-state index is 12.7. The minimum Gasteiger partial charge on any atom is -0.490 e. The SMILES string of the molecule is CNc1snc(C)c1C(=O)OCCOc1ccc(F)cc1. The van der Waals surface area contributed by atoms with Crippen LogP contribution in [0.4, 0.5) is 9.39 Å². The Morgan fingerprint density at radius 1 is 1.33 bits per heavy atom. The van der Waals surface area contributed by atoms with Crippen molar-refractivity contribution in [1.29, 1.82) is 0 Å². The molecule has 5 nitrogen and oxygen atoms in total. The third-order valence-electron chi connectivity index (χ3n) is 2.69. The lowest BCUT2D eigenvalue weighted by molar-refractivity contribution is 0.0451. The number of aromatic nitrogens is 1. The Kier molecular flexibility index (Phi) is 5.10. The Morgan fingerprint density at radius 2 is 2.05 bits per heavy atom. The van der Waals surface area contributed by atoms with Crippen molar-refractivity contribution >= 4 is 22.5 Å². The zero-order valence-electron chi connectivity index (χ0n) is 11.7. The molecule has 0 amide bonds. The number of aryl methyl sites for hydroxylation is 1. The summed E-state index contributed by atoms with van der Waals surface area (Å²) < 4.78 is 27.3. The quantitative estimate of drug-likeness (QED) is 0.656. The largest absolute Gasteiger partial charge is 0.490 e. The van der Waals surface area contributed by atoms with E-state index in [0.29, 0.717) is 22.0 Å². The number of hydrogen-bond donors (Lipinski definition) is 1. The summed E-state index contributed by atoms with van der Waals surface area (Å²) in [5, 5.41) is 3.59. The predicted octanol–water partition coefficient (Wildman–Crippen LogP) is 2.87. The average molecular weight is 310 g/mol. The highest BCUT2D eigenvalue weighted by atomic mass is 32.1. The zero-order chi connectivity index (χ0) is 15.2. The molecule has 2 rings (SSSR count). The number of nitrogens with zero attached hydrogens (tertiary/aromatic N) is 1. The van der Waals surface area contributed by atoms with Crippen LogP contribution in [0.5, 0.6) is 5.75 Å². The van der Waals surface area contributed by atoms with Crippen LogP contribution in [0.2, 0.25) is 0 Å². The molecular weight excluding hydrogens is 295 g/mol. The first-order chi connectivity index (χ1) is 10.1. The van der Waals surface area contributed by atoms with Gasteiger partial charge in [-0.1, -0.05) is 0 Å². The van der Waals surface area contributed by atoms with E-state index in [1.807, 2.05) is 0 Å². The van der Waals surface area contributed by atoms with E-state index in [9.17, 15) is 9.18 Å². The lowest BCUT2D eigenvalue weighted by Crippen LogP contribution is -2.13. The molecular formula is C14H15FN2O3S. The zero-order valence-corrected chi connectivity index (χ0v) is 12.5. The molecule has 0 bridgehead atoms. The van der Waals surface area contributed by atoms with Crippen LogP contribution in [-0.4, -0.2) is 30.6 Å². The molecule has 1 aromatic carbocycles. The van der Waals surface area contributed by atoms with E-state index in [1.54, 1.807) is 14.0 Å². The van der Waals surface area contributed by atoms with Crippen molar-refractivity contribution in [1.82, 2.24) is 4.37 Å². The van der Waals surface area contributed by atoms with Gasteiger partial charge in [-0.2, -0.15) is 4.37 Å². The number of rotatable bonds is 6. The van der Waals surface area contributed by atoms with E-state index in [4.69, 9.17) is 9.47 Å². The first kappa shape index (κ1) is 15.2. The van der Waals surface area contributed by atoms with Gasteiger partial charge in [0.2, 0.25) is 0 Å². The molecule has 112 valence electrons. The molecule has 21 heavy (non-hydrogen) atoms. The molecule has 0 atom stereocenters. The van der Waals surface area contributed by atoms with Gasteiger partial charge < -0.3 is 14.8 Å². The van der Waals surface area contributed by atoms with Crippen molar-refractivity contribution in [2.75, 3.05) is 25.6 Å². The topological polar surface area (TPSA) is 60.5 Å². The molecule has 0 unspecified atom stereocenters. The molecule has 0 aliphatic carbocycles. The van der Waals surface area contributed by atoms with Crippen LogP contribution in [0.25, 0.3) is 0 Å². The van der Waals surface area contributed by atoms with Gasteiger partial charge in [-0.15, -0.1) is 0 Å². The molecule has 0 fully saturated rings. The smallest absolute Gasteiger partial charge is 0.343 e. The number of carbonyl (C=O) groups excluding carboxylic acids is 1. The first-order valence-electron chi connectivity index (χ1n) is 6.31. The standard InChI is InChI=1S/C14H15FN2O3S/c1-9-12(13(16-2)21-17-9)14(18)20-8-7-19-11-5-3-10(15)4-6-11/h3-6,16H,7-8H2,1-2H3. The second-order valence-corrected chi connectivity index (χ2v) is 4.93. The van der Waals surface area contributed by atoms with Crippen LogP contribution in [-0.2, 0) is 4.74 Å². The molecule has 0 saturated carbocycles. The van der Waals surface area contributed by atoms with Gasteiger partial charge in [0.05, 0.1) is 5.69 Å². The number of esters is 1. The van der Waals surface area contributed by atoms with Crippen LogP contribution in [0, 0.1) is 12.7 Å². The summed E-state index contributed by atoms with van der Waals surface area (Å²) in [6, 6.07) is 5.65. The number of carbonyl (C=O) groups is 1. The van der Waals surface area contributed by atoms with E-state index < -0.39 is 5.97 Å². The van der Waals surface area contributed by atoms with Gasteiger partial charge >= 0.3 is 5.97 Å². The Bertz CT molecular complexity index is 613. The summed E-state index contributed by atoms with van der Waals surface area (Å²) in [6.07, 6.45) is 0. The summed E-state index contributed by atoms with van der Waals surface area (Å²) in [6.45, 7) is 2.06. The van der Waals surface area contributed by atoms with Gasteiger partial charge in [-0.3, -0.25) is 0 Å². The van der Waals surface area contributed by atoms with Crippen LogP contribution in [0.15, 0.2) is 24.3 Å². The van der Waals surface area contributed by atoms with E-state index in [0.717, 1.165) is 0 Å². The molecule has 1 aromatic heterocycles. The van der Waals surface area contributed by atoms with E-state index >= 15 is 0 Å². The minimum absolute atomic E-state index is 0.106. The third kappa shape index (κ3) is 3.91. The first-order valence-corrected chi connectivity index (χ1v) is 7.08. The normalized spacial score (nSPS) is 10.2. The van der Waals surface area contributed by atoms with Crippen LogP contribution in [0.3, 0.4) is 0 Å². The Labute approximate surface area is 125 Å². The lowest BCUT2D eigenvalue weighted by Gasteiger charge is -2.08. The highest BCUT2D eigenvalue weighted by Gasteiger charge is 2.18. The number of ether oxygens (including phenoxy) is 2. The molecule has 2 aromatic rings. The number of nitrogens with one attached hydrogen (secondary N) is 1. The van der Waals surface area contributed by atoms with Crippen molar-refractivity contribution in [2.24, 2.45) is 0 Å². The summed E-state index contributed by atoms with van der Waals surface area (Å²) in [5.41, 5.74) is 1.08. The molecule has 0 aliphatic heterocycles. The Morgan fingerprint density at radius 3 is 2.71 bits per heavy atom. The average Bonchev–Trinajstić information content (AvgIpc) is 2.86. The summed E-state index contributed by atoms with van der Waals surface area (Å²) in [5.74, 6) is -0.237.